The number of thioether (sulfide) groups is 1. The Kier molecular flexibility index (Phi) is 8.65. The van der Waals surface area contributed by atoms with Gasteiger partial charge in [0.25, 0.3) is 0 Å². The van der Waals surface area contributed by atoms with E-state index >= 15 is 0 Å². The van der Waals surface area contributed by atoms with E-state index in [-0.39, 0.29) is 6.61 Å². The van der Waals surface area contributed by atoms with E-state index in [1.807, 2.05) is 11.8 Å². The molecule has 2 aromatic carbocycles. The molecule has 0 saturated carbocycles. The van der Waals surface area contributed by atoms with Crippen molar-refractivity contribution in [2.45, 2.75) is 69.1 Å². The maximum absolute atomic E-state index is 9.03. The molecular formula is C26H37NOS. The Morgan fingerprint density at radius 3 is 2.69 bits per heavy atom. The fraction of sp³-hybridized carbons (Fsp3) is 0.538. The van der Waals surface area contributed by atoms with Crippen LogP contribution < -0.4 is 5.73 Å². The number of fused-ring (bicyclic) bond motifs is 1. The molecule has 0 unspecified atom stereocenters. The van der Waals surface area contributed by atoms with Crippen LogP contribution in [-0.4, -0.2) is 24.0 Å². The number of aliphatic hydroxyl groups excluding tert-OH is 1. The quantitative estimate of drug-likeness (QED) is 0.377. The second-order valence-corrected chi connectivity index (χ2v) is 9.85. The van der Waals surface area contributed by atoms with Gasteiger partial charge < -0.3 is 10.8 Å². The SMILES string of the molecule is CC(C)c1ccccc1SC[C@@H]1CCc2cc([C@H](CN)CCCCO)ccc2C1. The van der Waals surface area contributed by atoms with Crippen molar-refractivity contribution in [3.8, 4) is 0 Å². The Balaban J connectivity index is 1.60. The second-order valence-electron chi connectivity index (χ2n) is 8.79. The minimum atomic E-state index is 0.280. The zero-order valence-corrected chi connectivity index (χ0v) is 18.9. The average molecular weight is 412 g/mol. The van der Waals surface area contributed by atoms with Crippen LogP contribution in [0, 0.1) is 5.92 Å². The van der Waals surface area contributed by atoms with Crippen LogP contribution in [0.2, 0.25) is 0 Å². The molecule has 0 aromatic heterocycles. The van der Waals surface area contributed by atoms with Crippen LogP contribution in [0.15, 0.2) is 47.4 Å². The smallest absolute Gasteiger partial charge is 0.0431 e. The topological polar surface area (TPSA) is 46.2 Å². The molecule has 2 atom stereocenters. The van der Waals surface area contributed by atoms with Crippen LogP contribution in [-0.2, 0) is 12.8 Å². The molecule has 29 heavy (non-hydrogen) atoms. The summed E-state index contributed by atoms with van der Waals surface area (Å²) >= 11 is 2.04. The minimum Gasteiger partial charge on any atom is -0.396 e. The molecule has 1 aliphatic carbocycles. The second kappa shape index (κ2) is 11.2. The van der Waals surface area contributed by atoms with Gasteiger partial charge in [-0.2, -0.15) is 0 Å². The summed E-state index contributed by atoms with van der Waals surface area (Å²) in [6.45, 7) is 5.54. The average Bonchev–Trinajstić information content (AvgIpc) is 2.75. The number of benzene rings is 2. The third-order valence-electron chi connectivity index (χ3n) is 6.29. The molecular weight excluding hydrogens is 374 g/mol. The zero-order valence-electron chi connectivity index (χ0n) is 18.1. The summed E-state index contributed by atoms with van der Waals surface area (Å²) in [7, 11) is 0. The maximum atomic E-state index is 9.03. The number of hydrogen-bond donors (Lipinski definition) is 2. The first-order chi connectivity index (χ1) is 14.1. The van der Waals surface area contributed by atoms with Gasteiger partial charge in [-0.15, -0.1) is 11.8 Å². The van der Waals surface area contributed by atoms with Crippen molar-refractivity contribution < 1.29 is 5.11 Å². The van der Waals surface area contributed by atoms with Crippen molar-refractivity contribution in [2.24, 2.45) is 11.7 Å². The van der Waals surface area contributed by atoms with Crippen molar-refractivity contribution in [3.63, 3.8) is 0 Å². The van der Waals surface area contributed by atoms with Crippen LogP contribution >= 0.6 is 11.8 Å². The summed E-state index contributed by atoms with van der Waals surface area (Å²) in [6.07, 6.45) is 6.67. The Morgan fingerprint density at radius 1 is 1.10 bits per heavy atom. The van der Waals surface area contributed by atoms with Gasteiger partial charge in [0.2, 0.25) is 0 Å². The number of aryl methyl sites for hydroxylation is 1. The lowest BCUT2D eigenvalue weighted by Crippen LogP contribution is -2.18. The van der Waals surface area contributed by atoms with Crippen molar-refractivity contribution in [3.05, 3.63) is 64.7 Å². The fourth-order valence-corrected chi connectivity index (χ4v) is 5.81. The lowest BCUT2D eigenvalue weighted by atomic mass is 9.82. The molecule has 1 aliphatic rings. The first-order valence-electron chi connectivity index (χ1n) is 11.3. The van der Waals surface area contributed by atoms with Crippen LogP contribution in [0.1, 0.15) is 73.6 Å². The highest BCUT2D eigenvalue weighted by atomic mass is 32.2. The summed E-state index contributed by atoms with van der Waals surface area (Å²) in [5.74, 6) is 2.97. The van der Waals surface area contributed by atoms with Gasteiger partial charge in [0, 0.05) is 17.3 Å². The van der Waals surface area contributed by atoms with Crippen molar-refractivity contribution in [1.29, 1.82) is 0 Å². The first kappa shape index (κ1) is 22.4. The van der Waals surface area contributed by atoms with E-state index in [0.29, 0.717) is 18.4 Å². The van der Waals surface area contributed by atoms with Gasteiger partial charge in [-0.05, 0) is 84.7 Å². The van der Waals surface area contributed by atoms with Gasteiger partial charge in [0.05, 0.1) is 0 Å². The van der Waals surface area contributed by atoms with E-state index in [9.17, 15) is 0 Å². The number of hydrogen-bond acceptors (Lipinski definition) is 3. The van der Waals surface area contributed by atoms with Crippen LogP contribution in [0.3, 0.4) is 0 Å². The molecule has 3 rings (SSSR count). The number of nitrogens with two attached hydrogens (primary N) is 1. The third kappa shape index (κ3) is 6.10. The van der Waals surface area contributed by atoms with E-state index in [2.05, 4.69) is 56.3 Å². The Bertz CT molecular complexity index is 773. The van der Waals surface area contributed by atoms with Gasteiger partial charge >= 0.3 is 0 Å². The fourth-order valence-electron chi connectivity index (χ4n) is 4.47. The molecule has 0 radical (unpaired) electrons. The first-order valence-corrected chi connectivity index (χ1v) is 12.2. The predicted octanol–water partition coefficient (Wildman–Crippen LogP) is 5.91. The van der Waals surface area contributed by atoms with Gasteiger partial charge in [-0.25, -0.2) is 0 Å². The summed E-state index contributed by atoms with van der Waals surface area (Å²) in [6, 6.07) is 16.0. The zero-order chi connectivity index (χ0) is 20.6. The number of aliphatic hydroxyl groups is 1. The van der Waals surface area contributed by atoms with E-state index in [4.69, 9.17) is 10.8 Å². The lowest BCUT2D eigenvalue weighted by Gasteiger charge is -2.26. The molecule has 0 aliphatic heterocycles. The summed E-state index contributed by atoms with van der Waals surface area (Å²) in [5, 5.41) is 9.03. The number of unbranched alkanes of at least 4 members (excludes halogenated alkanes) is 1. The Morgan fingerprint density at radius 2 is 1.93 bits per heavy atom. The molecule has 2 aromatic rings. The van der Waals surface area contributed by atoms with Crippen molar-refractivity contribution >= 4 is 11.8 Å². The number of rotatable bonds is 10. The third-order valence-corrected chi connectivity index (χ3v) is 7.61. The molecule has 0 heterocycles. The van der Waals surface area contributed by atoms with E-state index in [1.165, 1.54) is 52.2 Å². The molecule has 3 heteroatoms. The summed E-state index contributed by atoms with van der Waals surface area (Å²) in [4.78, 5) is 1.46. The maximum Gasteiger partial charge on any atom is 0.0431 e. The predicted molar refractivity (Wildman–Crippen MR) is 126 cm³/mol. The normalized spacial score (nSPS) is 17.3. The molecule has 0 bridgehead atoms. The largest absolute Gasteiger partial charge is 0.396 e. The summed E-state index contributed by atoms with van der Waals surface area (Å²) < 4.78 is 0. The molecule has 0 saturated heterocycles. The van der Waals surface area contributed by atoms with Crippen molar-refractivity contribution in [1.82, 2.24) is 0 Å². The monoisotopic (exact) mass is 411 g/mol. The molecule has 3 N–H and O–H groups in total. The van der Waals surface area contributed by atoms with Crippen LogP contribution in [0.5, 0.6) is 0 Å². The highest BCUT2D eigenvalue weighted by molar-refractivity contribution is 7.99. The minimum absolute atomic E-state index is 0.280. The standard InChI is InChI=1S/C26H37NOS/c1-19(2)25-8-3-4-9-26(25)29-18-20-10-11-22-16-23(13-12-21(22)15-20)24(17-27)7-5-6-14-28/h3-4,8-9,12-13,16,19-20,24,28H,5-7,10-11,14-15,17-18,27H2,1-2H3/t20-,24+/m1/s1. The molecule has 2 nitrogen and oxygen atoms in total. The highest BCUT2D eigenvalue weighted by Gasteiger charge is 2.21. The van der Waals surface area contributed by atoms with Crippen molar-refractivity contribution in [2.75, 3.05) is 18.9 Å². The molecule has 0 spiro atoms. The Hall–Kier alpha value is -1.29. The summed E-state index contributed by atoms with van der Waals surface area (Å²) in [5.41, 5.74) is 12.0. The van der Waals surface area contributed by atoms with E-state index in [0.717, 1.165) is 25.2 Å². The lowest BCUT2D eigenvalue weighted by molar-refractivity contribution is 0.281. The van der Waals surface area contributed by atoms with Crippen LogP contribution in [0.4, 0.5) is 0 Å². The molecule has 158 valence electrons. The van der Waals surface area contributed by atoms with Crippen LogP contribution in [0.25, 0.3) is 0 Å². The highest BCUT2D eigenvalue weighted by Crippen LogP contribution is 2.35. The van der Waals surface area contributed by atoms with Gasteiger partial charge in [0.15, 0.2) is 0 Å². The molecule has 0 fully saturated rings. The Labute approximate surface area is 181 Å². The molecule has 0 amide bonds. The van der Waals surface area contributed by atoms with Gasteiger partial charge in [0.1, 0.15) is 0 Å². The van der Waals surface area contributed by atoms with E-state index in [1.54, 1.807) is 0 Å². The van der Waals surface area contributed by atoms with Gasteiger partial charge in [-0.3, -0.25) is 0 Å². The van der Waals surface area contributed by atoms with E-state index < -0.39 is 0 Å². The van der Waals surface area contributed by atoms with Gasteiger partial charge in [-0.1, -0.05) is 56.7 Å².